The van der Waals surface area contributed by atoms with E-state index in [-0.39, 0.29) is 6.03 Å². The van der Waals surface area contributed by atoms with E-state index >= 15 is 0 Å². The molecule has 1 fully saturated rings. The minimum absolute atomic E-state index is 0.0442. The van der Waals surface area contributed by atoms with Crippen molar-refractivity contribution in [1.29, 1.82) is 0 Å². The summed E-state index contributed by atoms with van der Waals surface area (Å²) in [6.07, 6.45) is 0. The second-order valence-electron chi connectivity index (χ2n) is 5.07. The first-order chi connectivity index (χ1) is 10.1. The molecule has 2 amide bonds. The van der Waals surface area contributed by atoms with Crippen molar-refractivity contribution < 1.29 is 4.79 Å². The lowest BCUT2D eigenvalue weighted by molar-refractivity contribution is 0.219. The molecular weight excluding hydrogens is 330 g/mol. The van der Waals surface area contributed by atoms with Crippen molar-refractivity contribution in [1.82, 2.24) is 4.90 Å². The van der Waals surface area contributed by atoms with Crippen molar-refractivity contribution >= 4 is 33.3 Å². The zero-order chi connectivity index (χ0) is 14.8. The number of nitrogens with zero attached hydrogens (tertiary/aromatic N) is 2. The Morgan fingerprint density at radius 2 is 1.67 bits per heavy atom. The highest BCUT2D eigenvalue weighted by molar-refractivity contribution is 9.10. The number of urea groups is 1. The normalized spacial score (nSPS) is 14.8. The predicted octanol–water partition coefficient (Wildman–Crippen LogP) is 3.47. The van der Waals surface area contributed by atoms with E-state index in [1.165, 1.54) is 0 Å². The molecular formula is C16H16BrN3O. The van der Waals surface area contributed by atoms with Crippen molar-refractivity contribution in [2.24, 2.45) is 0 Å². The molecule has 4 nitrogen and oxygen atoms in total. The second kappa shape index (κ2) is 5.77. The van der Waals surface area contributed by atoms with Gasteiger partial charge in [0, 0.05) is 35.5 Å². The molecule has 1 aliphatic rings. The molecule has 0 radical (unpaired) electrons. The number of carbonyl (C=O) groups excluding carboxylic acids is 1. The maximum Gasteiger partial charge on any atom is 0.324 e. The van der Waals surface area contributed by atoms with E-state index in [2.05, 4.69) is 15.9 Å². The minimum Gasteiger partial charge on any atom is -0.399 e. The highest BCUT2D eigenvalue weighted by atomic mass is 79.9. The number of carbonyl (C=O) groups is 1. The molecule has 21 heavy (non-hydrogen) atoms. The smallest absolute Gasteiger partial charge is 0.324 e. The van der Waals surface area contributed by atoms with Gasteiger partial charge in [0.15, 0.2) is 0 Å². The van der Waals surface area contributed by atoms with Gasteiger partial charge in [-0.2, -0.15) is 0 Å². The number of amides is 2. The topological polar surface area (TPSA) is 49.6 Å². The van der Waals surface area contributed by atoms with Crippen LogP contribution in [0, 0.1) is 0 Å². The fraction of sp³-hybridized carbons (Fsp3) is 0.188. The highest BCUT2D eigenvalue weighted by Gasteiger charge is 2.29. The summed E-state index contributed by atoms with van der Waals surface area (Å²) in [6, 6.07) is 15.5. The van der Waals surface area contributed by atoms with Gasteiger partial charge in [-0.25, -0.2) is 4.79 Å². The number of hydrogen-bond donors (Lipinski definition) is 1. The van der Waals surface area contributed by atoms with Gasteiger partial charge in [0.25, 0.3) is 0 Å². The summed E-state index contributed by atoms with van der Waals surface area (Å²) in [5.41, 5.74) is 8.42. The van der Waals surface area contributed by atoms with Crippen molar-refractivity contribution in [3.8, 4) is 0 Å². The zero-order valence-electron chi connectivity index (χ0n) is 11.5. The van der Waals surface area contributed by atoms with Crippen LogP contribution >= 0.6 is 15.9 Å². The molecule has 0 aliphatic carbocycles. The molecule has 108 valence electrons. The summed E-state index contributed by atoms with van der Waals surface area (Å²) in [6.45, 7) is 2.08. The molecule has 0 aromatic heterocycles. The van der Waals surface area contributed by atoms with Gasteiger partial charge < -0.3 is 10.6 Å². The van der Waals surface area contributed by atoms with Gasteiger partial charge in [0.1, 0.15) is 0 Å². The lowest BCUT2D eigenvalue weighted by Gasteiger charge is -2.19. The van der Waals surface area contributed by atoms with E-state index in [9.17, 15) is 4.79 Å². The molecule has 5 heteroatoms. The Labute approximate surface area is 132 Å². The van der Waals surface area contributed by atoms with Gasteiger partial charge in [-0.1, -0.05) is 28.1 Å². The molecule has 2 aromatic carbocycles. The van der Waals surface area contributed by atoms with Crippen molar-refractivity contribution in [3.63, 3.8) is 0 Å². The molecule has 0 unspecified atom stereocenters. The van der Waals surface area contributed by atoms with Gasteiger partial charge in [0.05, 0.1) is 0 Å². The van der Waals surface area contributed by atoms with Crippen molar-refractivity contribution in [2.45, 2.75) is 6.54 Å². The maximum absolute atomic E-state index is 12.5. The first kappa shape index (κ1) is 13.9. The predicted molar refractivity (Wildman–Crippen MR) is 88.1 cm³/mol. The van der Waals surface area contributed by atoms with E-state index in [4.69, 9.17) is 5.73 Å². The third-order valence-electron chi connectivity index (χ3n) is 3.59. The number of benzene rings is 2. The number of anilines is 2. The van der Waals surface area contributed by atoms with Crippen LogP contribution in [0.3, 0.4) is 0 Å². The minimum atomic E-state index is 0.0442. The maximum atomic E-state index is 12.5. The molecule has 0 atom stereocenters. The molecule has 0 saturated carbocycles. The molecule has 1 heterocycles. The van der Waals surface area contributed by atoms with E-state index in [0.717, 1.165) is 22.3 Å². The van der Waals surface area contributed by atoms with E-state index in [1.54, 1.807) is 4.90 Å². The quantitative estimate of drug-likeness (QED) is 0.865. The Bertz CT molecular complexity index is 640. The summed E-state index contributed by atoms with van der Waals surface area (Å²) in [5, 5.41) is 0. The van der Waals surface area contributed by atoms with Gasteiger partial charge in [0.2, 0.25) is 0 Å². The third-order valence-corrected chi connectivity index (χ3v) is 4.12. The summed E-state index contributed by atoms with van der Waals surface area (Å²) in [7, 11) is 0. The van der Waals surface area contributed by atoms with Gasteiger partial charge >= 0.3 is 6.03 Å². The Morgan fingerprint density at radius 1 is 1.00 bits per heavy atom. The molecule has 1 aliphatic heterocycles. The highest BCUT2D eigenvalue weighted by Crippen LogP contribution is 2.23. The van der Waals surface area contributed by atoms with Crippen LogP contribution in [0.25, 0.3) is 0 Å². The molecule has 3 rings (SSSR count). The molecule has 1 saturated heterocycles. The van der Waals surface area contributed by atoms with E-state index in [1.807, 2.05) is 53.4 Å². The monoisotopic (exact) mass is 345 g/mol. The number of hydrogen-bond acceptors (Lipinski definition) is 2. The van der Waals surface area contributed by atoms with Gasteiger partial charge in [-0.05, 0) is 42.0 Å². The second-order valence-corrected chi connectivity index (χ2v) is 5.99. The van der Waals surface area contributed by atoms with Crippen LogP contribution in [0.2, 0.25) is 0 Å². The van der Waals surface area contributed by atoms with Crippen LogP contribution < -0.4 is 10.6 Å². The van der Waals surface area contributed by atoms with E-state index < -0.39 is 0 Å². The summed E-state index contributed by atoms with van der Waals surface area (Å²) in [4.78, 5) is 16.1. The average Bonchev–Trinajstić information content (AvgIpc) is 2.84. The van der Waals surface area contributed by atoms with Gasteiger partial charge in [-0.3, -0.25) is 4.90 Å². The number of nitrogen functional groups attached to an aromatic ring is 1. The Morgan fingerprint density at radius 3 is 2.33 bits per heavy atom. The fourth-order valence-corrected chi connectivity index (χ4v) is 2.70. The zero-order valence-corrected chi connectivity index (χ0v) is 13.1. The van der Waals surface area contributed by atoms with Crippen LogP contribution in [-0.4, -0.2) is 24.0 Å². The van der Waals surface area contributed by atoms with E-state index in [0.29, 0.717) is 18.8 Å². The SMILES string of the molecule is Nc1ccc(N2CCN(Cc3ccc(Br)cc3)C2=O)cc1. The lowest BCUT2D eigenvalue weighted by atomic mass is 10.2. The average molecular weight is 346 g/mol. The van der Waals surface area contributed by atoms with Crippen LogP contribution in [0.1, 0.15) is 5.56 Å². The Balaban J connectivity index is 1.71. The summed E-state index contributed by atoms with van der Waals surface area (Å²) >= 11 is 3.42. The standard InChI is InChI=1S/C16H16BrN3O/c17-13-3-1-12(2-4-13)11-19-9-10-20(16(19)21)15-7-5-14(18)6-8-15/h1-8H,9-11,18H2. The fourth-order valence-electron chi connectivity index (χ4n) is 2.43. The first-order valence-corrected chi connectivity index (χ1v) is 7.59. The van der Waals surface area contributed by atoms with Crippen LogP contribution in [0.4, 0.5) is 16.2 Å². The first-order valence-electron chi connectivity index (χ1n) is 6.80. The summed E-state index contributed by atoms with van der Waals surface area (Å²) in [5.74, 6) is 0. The Kier molecular flexibility index (Phi) is 3.84. The largest absolute Gasteiger partial charge is 0.399 e. The Hall–Kier alpha value is -2.01. The molecule has 0 spiro atoms. The molecule has 2 N–H and O–H groups in total. The van der Waals surface area contributed by atoms with Crippen molar-refractivity contribution in [3.05, 3.63) is 58.6 Å². The van der Waals surface area contributed by atoms with Crippen LogP contribution in [0.5, 0.6) is 0 Å². The molecule has 0 bridgehead atoms. The number of nitrogens with two attached hydrogens (primary N) is 1. The number of rotatable bonds is 3. The van der Waals surface area contributed by atoms with Gasteiger partial charge in [-0.15, -0.1) is 0 Å². The third kappa shape index (κ3) is 3.03. The molecule has 2 aromatic rings. The van der Waals surface area contributed by atoms with Crippen LogP contribution in [0.15, 0.2) is 53.0 Å². The van der Waals surface area contributed by atoms with Crippen LogP contribution in [-0.2, 0) is 6.54 Å². The summed E-state index contributed by atoms with van der Waals surface area (Å²) < 4.78 is 1.04. The van der Waals surface area contributed by atoms with Crippen molar-refractivity contribution in [2.75, 3.05) is 23.7 Å². The lowest BCUT2D eigenvalue weighted by Crippen LogP contribution is -2.31. The number of halogens is 1.